The van der Waals surface area contributed by atoms with Crippen LogP contribution in [0.1, 0.15) is 45.4 Å². The third-order valence-corrected chi connectivity index (χ3v) is 3.62. The zero-order valence-corrected chi connectivity index (χ0v) is 10.3. The molecular weight excluding hydrogens is 231 g/mol. The minimum absolute atomic E-state index is 0.0464. The first-order valence-corrected chi connectivity index (χ1v) is 6.39. The van der Waals surface area contributed by atoms with E-state index >= 15 is 0 Å². The number of nitrogens with one attached hydrogen (secondary N) is 1. The van der Waals surface area contributed by atoms with E-state index in [1.54, 1.807) is 0 Å². The summed E-state index contributed by atoms with van der Waals surface area (Å²) in [6.45, 7) is 1.51. The summed E-state index contributed by atoms with van der Waals surface area (Å²) in [5, 5.41) is 11.7. The topological polar surface area (TPSA) is 32.3 Å². The molecule has 0 heterocycles. The molecule has 2 atom stereocenters. The second kappa shape index (κ2) is 6.59. The highest BCUT2D eigenvalue weighted by Crippen LogP contribution is 2.26. The van der Waals surface area contributed by atoms with Gasteiger partial charge in [0.25, 0.3) is 0 Å². The van der Waals surface area contributed by atoms with E-state index in [1.807, 2.05) is 6.92 Å². The number of aliphatic hydroxyl groups is 1. The van der Waals surface area contributed by atoms with E-state index in [0.29, 0.717) is 5.92 Å². The van der Waals surface area contributed by atoms with Gasteiger partial charge in [0.05, 0.1) is 0 Å². The van der Waals surface area contributed by atoms with Crippen LogP contribution in [0.15, 0.2) is 0 Å². The van der Waals surface area contributed by atoms with Crippen molar-refractivity contribution in [3.8, 4) is 0 Å². The van der Waals surface area contributed by atoms with Crippen molar-refractivity contribution in [3.05, 3.63) is 0 Å². The lowest BCUT2D eigenvalue weighted by molar-refractivity contribution is -0.202. The summed E-state index contributed by atoms with van der Waals surface area (Å²) in [5.74, 6) is 0.443. The largest absolute Gasteiger partial charge is 0.415 e. The zero-order valence-electron chi connectivity index (χ0n) is 10.3. The Kier molecular flexibility index (Phi) is 5.73. The Labute approximate surface area is 101 Å². The molecule has 0 amide bonds. The average Bonchev–Trinajstić information content (AvgIpc) is 2.52. The van der Waals surface area contributed by atoms with Gasteiger partial charge in [0.2, 0.25) is 0 Å². The predicted octanol–water partition coefficient (Wildman–Crippen LogP) is 2.86. The van der Waals surface area contributed by atoms with Crippen LogP contribution in [0.25, 0.3) is 0 Å². The van der Waals surface area contributed by atoms with Crippen LogP contribution in [0.5, 0.6) is 0 Å². The van der Waals surface area contributed by atoms with E-state index in [4.69, 9.17) is 5.11 Å². The van der Waals surface area contributed by atoms with Crippen LogP contribution in [-0.2, 0) is 0 Å². The van der Waals surface area contributed by atoms with Crippen molar-refractivity contribution in [1.82, 2.24) is 5.32 Å². The maximum absolute atomic E-state index is 12.1. The van der Waals surface area contributed by atoms with E-state index in [-0.39, 0.29) is 6.04 Å². The van der Waals surface area contributed by atoms with E-state index in [0.717, 1.165) is 12.8 Å². The molecule has 1 unspecified atom stereocenters. The van der Waals surface area contributed by atoms with Gasteiger partial charge >= 0.3 is 6.18 Å². The molecule has 0 aromatic heterocycles. The molecule has 1 rings (SSSR count). The van der Waals surface area contributed by atoms with E-state index in [1.165, 1.54) is 25.7 Å². The summed E-state index contributed by atoms with van der Waals surface area (Å²) in [7, 11) is 0. The fraction of sp³-hybridized carbons (Fsp3) is 1.00. The van der Waals surface area contributed by atoms with Crippen LogP contribution in [-0.4, -0.2) is 30.0 Å². The second-order valence-corrected chi connectivity index (χ2v) is 5.01. The van der Waals surface area contributed by atoms with E-state index in [9.17, 15) is 13.2 Å². The van der Waals surface area contributed by atoms with Crippen LogP contribution < -0.4 is 5.32 Å². The van der Waals surface area contributed by atoms with Gasteiger partial charge in [-0.05, 0) is 25.7 Å². The van der Waals surface area contributed by atoms with Crippen LogP contribution in [0, 0.1) is 5.92 Å². The summed E-state index contributed by atoms with van der Waals surface area (Å²) in [6.07, 6.45) is 0.179. The van der Waals surface area contributed by atoms with E-state index < -0.39 is 18.8 Å². The number of hydrogen-bond acceptors (Lipinski definition) is 2. The van der Waals surface area contributed by atoms with Gasteiger partial charge in [0.1, 0.15) is 0 Å². The Morgan fingerprint density at radius 1 is 1.18 bits per heavy atom. The van der Waals surface area contributed by atoms with Crippen molar-refractivity contribution < 1.29 is 18.3 Å². The van der Waals surface area contributed by atoms with E-state index in [2.05, 4.69) is 5.32 Å². The van der Waals surface area contributed by atoms with Gasteiger partial charge in [-0.2, -0.15) is 13.2 Å². The van der Waals surface area contributed by atoms with Crippen LogP contribution >= 0.6 is 0 Å². The normalized spacial score (nSPS) is 23.1. The molecular formula is C12H22F3NO. The Morgan fingerprint density at radius 2 is 1.71 bits per heavy atom. The molecule has 0 aromatic carbocycles. The first-order chi connectivity index (χ1) is 7.91. The van der Waals surface area contributed by atoms with Crippen LogP contribution in [0.4, 0.5) is 13.2 Å². The maximum atomic E-state index is 12.1. The highest BCUT2D eigenvalue weighted by atomic mass is 19.4. The lowest BCUT2D eigenvalue weighted by Crippen LogP contribution is -2.43. The second-order valence-electron chi connectivity index (χ2n) is 5.01. The average molecular weight is 253 g/mol. The van der Waals surface area contributed by atoms with Crippen molar-refractivity contribution in [2.24, 2.45) is 5.92 Å². The molecule has 1 fully saturated rings. The third kappa shape index (κ3) is 5.25. The van der Waals surface area contributed by atoms with Gasteiger partial charge in [-0.1, -0.05) is 25.7 Å². The molecule has 0 aromatic rings. The molecule has 17 heavy (non-hydrogen) atoms. The summed E-state index contributed by atoms with van der Waals surface area (Å²) < 4.78 is 36.4. The molecule has 0 radical (unpaired) electrons. The van der Waals surface area contributed by atoms with Crippen LogP contribution in [0.2, 0.25) is 0 Å². The molecule has 1 aliphatic rings. The molecule has 0 saturated heterocycles. The molecule has 1 aliphatic carbocycles. The predicted molar refractivity (Wildman–Crippen MR) is 60.7 cm³/mol. The first-order valence-electron chi connectivity index (χ1n) is 6.39. The lowest BCUT2D eigenvalue weighted by atomic mass is 9.93. The minimum atomic E-state index is -4.52. The van der Waals surface area contributed by atoms with Gasteiger partial charge in [0, 0.05) is 12.6 Å². The number of hydrogen-bond donors (Lipinski definition) is 2. The van der Waals surface area contributed by atoms with Gasteiger partial charge in [-0.15, -0.1) is 0 Å². The standard InChI is InChI=1S/C12H22F3NO/c1-9(10-6-4-2-3-5-7-10)16-8-11(17)12(13,14)15/h9-11,16-17H,2-8H2,1H3/t9-,11?/m1/s1. The molecule has 102 valence electrons. The number of alkyl halides is 3. The number of aliphatic hydroxyl groups excluding tert-OH is 1. The Bertz CT molecular complexity index is 212. The smallest absolute Gasteiger partial charge is 0.382 e. The fourth-order valence-electron chi connectivity index (χ4n) is 2.39. The SMILES string of the molecule is C[C@@H](NCC(O)C(F)(F)F)C1CCCCCC1. The number of halogens is 3. The summed E-state index contributed by atoms with van der Waals surface area (Å²) >= 11 is 0. The van der Waals surface area contributed by atoms with Gasteiger partial charge in [-0.3, -0.25) is 0 Å². The third-order valence-electron chi connectivity index (χ3n) is 3.62. The molecule has 0 aliphatic heterocycles. The van der Waals surface area contributed by atoms with Crippen molar-refractivity contribution in [3.63, 3.8) is 0 Å². The summed E-state index contributed by atoms with van der Waals surface area (Å²) in [5.41, 5.74) is 0. The van der Waals surface area contributed by atoms with Gasteiger partial charge in [0.15, 0.2) is 6.10 Å². The van der Waals surface area contributed by atoms with Crippen molar-refractivity contribution in [1.29, 1.82) is 0 Å². The fourth-order valence-corrected chi connectivity index (χ4v) is 2.39. The van der Waals surface area contributed by atoms with Crippen LogP contribution in [0.3, 0.4) is 0 Å². The maximum Gasteiger partial charge on any atom is 0.415 e. The van der Waals surface area contributed by atoms with Crippen molar-refractivity contribution >= 4 is 0 Å². The highest BCUT2D eigenvalue weighted by molar-refractivity contribution is 4.77. The Hall–Kier alpha value is -0.290. The molecule has 2 N–H and O–H groups in total. The summed E-state index contributed by atoms with van der Waals surface area (Å²) in [4.78, 5) is 0. The van der Waals surface area contributed by atoms with Gasteiger partial charge in [-0.25, -0.2) is 0 Å². The molecule has 1 saturated carbocycles. The number of rotatable bonds is 4. The van der Waals surface area contributed by atoms with Crippen molar-refractivity contribution in [2.75, 3.05) is 6.54 Å². The quantitative estimate of drug-likeness (QED) is 0.755. The molecule has 2 nitrogen and oxygen atoms in total. The van der Waals surface area contributed by atoms with Crippen molar-refractivity contribution in [2.45, 2.75) is 63.8 Å². The highest BCUT2D eigenvalue weighted by Gasteiger charge is 2.38. The lowest BCUT2D eigenvalue weighted by Gasteiger charge is -2.25. The molecule has 0 bridgehead atoms. The zero-order chi connectivity index (χ0) is 12.9. The molecule has 5 heteroatoms. The first kappa shape index (κ1) is 14.8. The van der Waals surface area contributed by atoms with Gasteiger partial charge < -0.3 is 10.4 Å². The Balaban J connectivity index is 2.30. The monoisotopic (exact) mass is 253 g/mol. The minimum Gasteiger partial charge on any atom is -0.382 e. The molecule has 0 spiro atoms. The summed E-state index contributed by atoms with van der Waals surface area (Å²) in [6, 6.07) is 0.0464. The Morgan fingerprint density at radius 3 is 2.18 bits per heavy atom.